The van der Waals surface area contributed by atoms with E-state index in [9.17, 15) is 17.6 Å². The Bertz CT molecular complexity index is 1310. The third kappa shape index (κ3) is 7.33. The lowest BCUT2D eigenvalue weighted by Crippen LogP contribution is -2.40. The van der Waals surface area contributed by atoms with Crippen LogP contribution in [0.1, 0.15) is 37.3 Å². The molecular formula is C29H34FN3O4S. The monoisotopic (exact) mass is 539 g/mol. The maximum atomic E-state index is 13.5. The molecule has 1 fully saturated rings. The van der Waals surface area contributed by atoms with Gasteiger partial charge in [0.2, 0.25) is 5.91 Å². The number of ether oxygens (including phenoxy) is 1. The number of halogens is 1. The molecule has 0 saturated carbocycles. The van der Waals surface area contributed by atoms with Crippen LogP contribution in [0.4, 0.5) is 10.1 Å². The van der Waals surface area contributed by atoms with Crippen LogP contribution in [0.3, 0.4) is 0 Å². The number of nitrogens with one attached hydrogen (secondary N) is 1. The number of hydrogen-bond donors (Lipinski definition) is 1. The van der Waals surface area contributed by atoms with E-state index in [0.717, 1.165) is 41.6 Å². The van der Waals surface area contributed by atoms with E-state index in [-0.39, 0.29) is 11.4 Å². The van der Waals surface area contributed by atoms with Crippen LogP contribution in [-0.4, -0.2) is 45.5 Å². The first kappa shape index (κ1) is 27.6. The zero-order chi connectivity index (χ0) is 27.0. The van der Waals surface area contributed by atoms with Crippen molar-refractivity contribution < 1.29 is 22.3 Å². The molecular weight excluding hydrogens is 505 g/mol. The fourth-order valence-corrected chi connectivity index (χ4v) is 5.95. The molecule has 1 saturated heterocycles. The zero-order valence-corrected chi connectivity index (χ0v) is 22.4. The van der Waals surface area contributed by atoms with Crippen LogP contribution in [-0.2, 0) is 27.9 Å². The van der Waals surface area contributed by atoms with Gasteiger partial charge in [0.05, 0.1) is 17.2 Å². The van der Waals surface area contributed by atoms with Gasteiger partial charge in [-0.25, -0.2) is 12.8 Å². The molecule has 0 aromatic heterocycles. The van der Waals surface area contributed by atoms with E-state index < -0.39 is 28.3 Å². The number of carbonyl (C=O) groups excluding carboxylic acids is 1. The quantitative estimate of drug-likeness (QED) is 0.382. The van der Waals surface area contributed by atoms with Gasteiger partial charge in [0, 0.05) is 13.1 Å². The number of amides is 1. The van der Waals surface area contributed by atoms with Crippen LogP contribution >= 0.6 is 0 Å². The van der Waals surface area contributed by atoms with Crippen LogP contribution in [0, 0.1) is 5.82 Å². The molecule has 3 aromatic carbocycles. The van der Waals surface area contributed by atoms with Crippen molar-refractivity contribution in [3.05, 3.63) is 89.7 Å². The van der Waals surface area contributed by atoms with Gasteiger partial charge in [-0.1, -0.05) is 30.7 Å². The second-order valence-corrected chi connectivity index (χ2v) is 11.2. The summed E-state index contributed by atoms with van der Waals surface area (Å²) in [4.78, 5) is 15.3. The van der Waals surface area contributed by atoms with Gasteiger partial charge >= 0.3 is 0 Å². The molecule has 1 aliphatic heterocycles. The van der Waals surface area contributed by atoms with Gasteiger partial charge in [0.1, 0.15) is 18.1 Å². The lowest BCUT2D eigenvalue weighted by atomic mass is 10.1. The molecule has 3 aromatic rings. The first-order valence-corrected chi connectivity index (χ1v) is 14.4. The Morgan fingerprint density at radius 3 is 2.34 bits per heavy atom. The Balaban J connectivity index is 1.47. The minimum absolute atomic E-state index is 0.106. The van der Waals surface area contributed by atoms with Crippen LogP contribution in [0.25, 0.3) is 0 Å². The van der Waals surface area contributed by atoms with Crippen LogP contribution < -0.4 is 14.4 Å². The van der Waals surface area contributed by atoms with Gasteiger partial charge in [0.15, 0.2) is 0 Å². The predicted molar refractivity (Wildman–Crippen MR) is 146 cm³/mol. The maximum Gasteiger partial charge on any atom is 0.264 e. The Kier molecular flexibility index (Phi) is 9.36. The minimum Gasteiger partial charge on any atom is -0.494 e. The van der Waals surface area contributed by atoms with Gasteiger partial charge in [-0.3, -0.25) is 14.0 Å². The van der Waals surface area contributed by atoms with E-state index in [1.54, 1.807) is 24.3 Å². The number of sulfonamides is 1. The van der Waals surface area contributed by atoms with Gasteiger partial charge in [0.25, 0.3) is 10.0 Å². The average molecular weight is 540 g/mol. The number of carbonyl (C=O) groups is 1. The van der Waals surface area contributed by atoms with E-state index in [4.69, 9.17) is 4.74 Å². The normalized spacial score (nSPS) is 14.2. The van der Waals surface area contributed by atoms with Crippen LogP contribution in [0.2, 0.25) is 0 Å². The molecule has 1 heterocycles. The van der Waals surface area contributed by atoms with Crippen molar-refractivity contribution in [2.45, 2.75) is 44.2 Å². The highest BCUT2D eigenvalue weighted by molar-refractivity contribution is 7.92. The molecule has 0 unspecified atom stereocenters. The highest BCUT2D eigenvalue weighted by Gasteiger charge is 2.27. The lowest BCUT2D eigenvalue weighted by molar-refractivity contribution is -0.119. The summed E-state index contributed by atoms with van der Waals surface area (Å²) in [6, 6.07) is 19.1. The molecule has 38 heavy (non-hydrogen) atoms. The largest absolute Gasteiger partial charge is 0.494 e. The number of likely N-dealkylation sites (tertiary alicyclic amines) is 1. The van der Waals surface area contributed by atoms with Crippen molar-refractivity contribution in [3.63, 3.8) is 0 Å². The first-order chi connectivity index (χ1) is 18.3. The molecule has 0 atom stereocenters. The summed E-state index contributed by atoms with van der Waals surface area (Å²) < 4.78 is 46.9. The van der Waals surface area contributed by atoms with Gasteiger partial charge < -0.3 is 10.1 Å². The Morgan fingerprint density at radius 1 is 0.974 bits per heavy atom. The SMILES string of the molecule is CCOc1ccc(N(CC(=O)NCc2cccc(CN3CCCCC3)c2)S(=O)(=O)c2ccc(F)cc2)cc1. The van der Waals surface area contributed by atoms with Crippen molar-refractivity contribution in [3.8, 4) is 5.75 Å². The summed E-state index contributed by atoms with van der Waals surface area (Å²) >= 11 is 0. The van der Waals surface area contributed by atoms with E-state index >= 15 is 0 Å². The standard InChI is InChI=1S/C29H34FN3O4S/c1-2-37-27-13-11-26(12-14-27)33(38(35,36)28-15-9-25(30)10-16-28)22-29(34)31-20-23-7-6-8-24(19-23)21-32-17-4-3-5-18-32/h6-16,19H,2-5,17-18,20-22H2,1H3,(H,31,34). The molecule has 0 aliphatic carbocycles. The van der Waals surface area contributed by atoms with E-state index in [2.05, 4.69) is 22.3 Å². The van der Waals surface area contributed by atoms with Crippen LogP contribution in [0.15, 0.2) is 77.7 Å². The maximum absolute atomic E-state index is 13.5. The topological polar surface area (TPSA) is 79.0 Å². The number of benzene rings is 3. The minimum atomic E-state index is -4.14. The molecule has 1 N–H and O–H groups in total. The summed E-state index contributed by atoms with van der Waals surface area (Å²) in [5.74, 6) is -0.410. The molecule has 4 rings (SSSR count). The Labute approximate surface area is 224 Å². The Morgan fingerprint density at radius 2 is 1.66 bits per heavy atom. The summed E-state index contributed by atoms with van der Waals surface area (Å²) in [7, 11) is -4.14. The van der Waals surface area contributed by atoms with E-state index in [1.807, 2.05) is 19.1 Å². The predicted octanol–water partition coefficient (Wildman–Crippen LogP) is 4.72. The summed E-state index contributed by atoms with van der Waals surface area (Å²) in [5.41, 5.74) is 2.44. The van der Waals surface area contributed by atoms with Crippen molar-refractivity contribution >= 4 is 21.6 Å². The number of piperidine rings is 1. The fourth-order valence-electron chi connectivity index (χ4n) is 4.52. The number of nitrogens with zero attached hydrogens (tertiary/aromatic N) is 2. The van der Waals surface area contributed by atoms with Crippen molar-refractivity contribution in [2.24, 2.45) is 0 Å². The molecule has 0 radical (unpaired) electrons. The number of rotatable bonds is 11. The number of hydrogen-bond acceptors (Lipinski definition) is 5. The third-order valence-electron chi connectivity index (χ3n) is 6.46. The third-order valence-corrected chi connectivity index (χ3v) is 8.25. The van der Waals surface area contributed by atoms with Crippen molar-refractivity contribution in [1.29, 1.82) is 0 Å². The molecule has 9 heteroatoms. The van der Waals surface area contributed by atoms with Crippen molar-refractivity contribution in [1.82, 2.24) is 10.2 Å². The molecule has 0 bridgehead atoms. The summed E-state index contributed by atoms with van der Waals surface area (Å²) in [6.07, 6.45) is 3.73. The lowest BCUT2D eigenvalue weighted by Gasteiger charge is -2.26. The second-order valence-electron chi connectivity index (χ2n) is 9.33. The highest BCUT2D eigenvalue weighted by Crippen LogP contribution is 2.26. The molecule has 1 amide bonds. The fraction of sp³-hybridized carbons (Fsp3) is 0.345. The van der Waals surface area contributed by atoms with Crippen molar-refractivity contribution in [2.75, 3.05) is 30.5 Å². The molecule has 1 aliphatic rings. The highest BCUT2D eigenvalue weighted by atomic mass is 32.2. The molecule has 0 spiro atoms. The van der Waals surface area contributed by atoms with Gasteiger partial charge in [-0.2, -0.15) is 0 Å². The molecule has 7 nitrogen and oxygen atoms in total. The first-order valence-electron chi connectivity index (χ1n) is 12.9. The Hall–Kier alpha value is -3.43. The van der Waals surface area contributed by atoms with Gasteiger partial charge in [-0.15, -0.1) is 0 Å². The van der Waals surface area contributed by atoms with E-state index in [0.29, 0.717) is 18.0 Å². The van der Waals surface area contributed by atoms with E-state index in [1.165, 1.54) is 37.0 Å². The number of anilines is 1. The average Bonchev–Trinajstić information content (AvgIpc) is 2.92. The van der Waals surface area contributed by atoms with Crippen LogP contribution in [0.5, 0.6) is 5.75 Å². The summed E-state index contributed by atoms with van der Waals surface area (Å²) in [6.45, 7) is 5.26. The smallest absolute Gasteiger partial charge is 0.264 e. The van der Waals surface area contributed by atoms with Gasteiger partial charge in [-0.05, 0) is 92.5 Å². The summed E-state index contributed by atoms with van der Waals surface area (Å²) in [5, 5.41) is 2.85. The zero-order valence-electron chi connectivity index (χ0n) is 21.6. The molecule has 202 valence electrons. The second kappa shape index (κ2) is 12.9.